The zero-order chi connectivity index (χ0) is 26.9. The van der Waals surface area contributed by atoms with Gasteiger partial charge in [0, 0.05) is 18.8 Å². The lowest BCUT2D eigenvalue weighted by Gasteiger charge is -2.23. The monoisotopic (exact) mass is 529 g/mol. The van der Waals surface area contributed by atoms with E-state index in [0.29, 0.717) is 79.5 Å². The number of aryl methyl sites for hydroxylation is 1. The number of aliphatic hydroxyl groups excluding tert-OH is 1. The molecule has 0 amide bonds. The summed E-state index contributed by atoms with van der Waals surface area (Å²) in [5.41, 5.74) is 3.78. The number of likely N-dealkylation sites (N-methyl/N-ethyl adjacent to an activating group) is 1. The first-order valence-corrected chi connectivity index (χ1v) is 13.0. The number of rotatable bonds is 18. The predicted molar refractivity (Wildman–Crippen MR) is 142 cm³/mol. The maximum Gasteiger partial charge on any atom is 0.158 e. The molecule has 1 aromatic heterocycles. The summed E-state index contributed by atoms with van der Waals surface area (Å²) in [5, 5.41) is 36.2. The summed E-state index contributed by atoms with van der Waals surface area (Å²) in [4.78, 5) is 2.70. The van der Waals surface area contributed by atoms with E-state index in [9.17, 15) is 10.5 Å². The fraction of sp³-hybridized carbons (Fsp3) is 0.538. The third kappa shape index (κ3) is 10.2. The minimum atomic E-state index is 0.0197. The van der Waals surface area contributed by atoms with Gasteiger partial charge in [0.15, 0.2) is 5.00 Å². The molecule has 0 atom stereocenters. The first-order chi connectivity index (χ1) is 18.0. The van der Waals surface area contributed by atoms with Gasteiger partial charge in [0.1, 0.15) is 17.0 Å². The van der Waals surface area contributed by atoms with Crippen LogP contribution in [-0.2, 0) is 18.9 Å². The van der Waals surface area contributed by atoms with Gasteiger partial charge in [-0.05, 0) is 50.1 Å². The van der Waals surface area contributed by atoms with Crippen LogP contribution in [0.3, 0.4) is 0 Å². The molecule has 10 nitrogen and oxygen atoms in total. The van der Waals surface area contributed by atoms with Gasteiger partial charge in [-0.25, -0.2) is 0 Å². The molecule has 1 aromatic carbocycles. The number of aliphatic hydroxyl groups is 1. The Hall–Kier alpha value is -2.90. The number of benzene rings is 1. The highest BCUT2D eigenvalue weighted by Crippen LogP contribution is 2.36. The summed E-state index contributed by atoms with van der Waals surface area (Å²) >= 11 is 1.18. The van der Waals surface area contributed by atoms with E-state index >= 15 is 0 Å². The molecule has 0 bridgehead atoms. The lowest BCUT2D eigenvalue weighted by Crippen LogP contribution is -2.27. The van der Waals surface area contributed by atoms with Crippen LogP contribution in [0.15, 0.2) is 28.4 Å². The fourth-order valence-corrected chi connectivity index (χ4v) is 4.20. The third-order valence-corrected chi connectivity index (χ3v) is 6.46. The Bertz CT molecular complexity index is 1080. The molecule has 0 unspecified atom stereocenters. The summed E-state index contributed by atoms with van der Waals surface area (Å²) in [6.07, 6.45) is 0. The smallest absolute Gasteiger partial charge is 0.158 e. The molecule has 1 heterocycles. The molecule has 0 spiro atoms. The summed E-state index contributed by atoms with van der Waals surface area (Å²) in [6, 6.07) is 10.2. The third-order valence-electron chi connectivity index (χ3n) is 5.37. The number of nitriles is 2. The Morgan fingerprint density at radius 1 is 0.892 bits per heavy atom. The summed E-state index contributed by atoms with van der Waals surface area (Å²) in [7, 11) is 0. The molecule has 1 N–H and O–H groups in total. The Balaban J connectivity index is 1.74. The van der Waals surface area contributed by atoms with Crippen LogP contribution in [0, 0.1) is 36.5 Å². The highest BCUT2D eigenvalue weighted by Gasteiger charge is 2.14. The van der Waals surface area contributed by atoms with Crippen molar-refractivity contribution in [1.82, 2.24) is 0 Å². The maximum atomic E-state index is 9.39. The van der Waals surface area contributed by atoms with E-state index in [4.69, 9.17) is 24.1 Å². The van der Waals surface area contributed by atoms with Gasteiger partial charge in [-0.1, -0.05) is 0 Å². The second-order valence-electron chi connectivity index (χ2n) is 7.88. The molecule has 11 heteroatoms. The van der Waals surface area contributed by atoms with Gasteiger partial charge in [-0.15, -0.1) is 21.6 Å². The van der Waals surface area contributed by atoms with Crippen molar-refractivity contribution >= 4 is 27.7 Å². The minimum Gasteiger partial charge on any atom is -0.394 e. The fourth-order valence-electron chi connectivity index (χ4n) is 3.33. The summed E-state index contributed by atoms with van der Waals surface area (Å²) in [5.74, 6) is 0. The second kappa shape index (κ2) is 17.5. The van der Waals surface area contributed by atoms with E-state index in [1.54, 1.807) is 6.92 Å². The first kappa shape index (κ1) is 30.3. The van der Waals surface area contributed by atoms with E-state index in [1.165, 1.54) is 11.3 Å². The SMILES string of the molecule is CCN(CCOCCOCCOCCOCCO)c1ccc(/N=N/c2sc(C#N)c(C)c2C#N)c(C)c1. The quantitative estimate of drug-likeness (QED) is 0.222. The van der Waals surface area contributed by atoms with E-state index in [-0.39, 0.29) is 6.61 Å². The molecule has 200 valence electrons. The molecule has 0 saturated carbocycles. The standard InChI is InChI=1S/C26H35N5O5S/c1-4-31(7-9-33-11-13-35-15-16-36-14-12-34-10-8-32)22-5-6-24(20(2)17-22)29-30-26-23(18-27)21(3)25(19-28)37-26/h5-6,17,32H,4,7-16H2,1-3H3/b30-29+. The maximum absolute atomic E-state index is 9.39. The topological polar surface area (TPSA) is 133 Å². The molecule has 0 aliphatic rings. The predicted octanol–water partition coefficient (Wildman–Crippen LogP) is 4.41. The highest BCUT2D eigenvalue weighted by atomic mass is 32.1. The molecule has 37 heavy (non-hydrogen) atoms. The van der Waals surface area contributed by atoms with Gasteiger partial charge in [0.25, 0.3) is 0 Å². The van der Waals surface area contributed by atoms with Crippen molar-refractivity contribution in [1.29, 1.82) is 10.5 Å². The van der Waals surface area contributed by atoms with Crippen LogP contribution in [0.25, 0.3) is 0 Å². The molecular weight excluding hydrogens is 494 g/mol. The molecule has 2 rings (SSSR count). The molecule has 0 fully saturated rings. The lowest BCUT2D eigenvalue weighted by atomic mass is 10.1. The Kier molecular flexibility index (Phi) is 14.4. The van der Waals surface area contributed by atoms with Crippen LogP contribution in [0.5, 0.6) is 0 Å². The van der Waals surface area contributed by atoms with Gasteiger partial charge in [0.05, 0.1) is 70.7 Å². The van der Waals surface area contributed by atoms with Gasteiger partial charge in [-0.3, -0.25) is 0 Å². The molecule has 0 radical (unpaired) electrons. The average molecular weight is 530 g/mol. The minimum absolute atomic E-state index is 0.0197. The molecule has 0 saturated heterocycles. The molecular formula is C26H35N5O5S. The Morgan fingerprint density at radius 3 is 2.05 bits per heavy atom. The van der Waals surface area contributed by atoms with Crippen LogP contribution in [0.4, 0.5) is 16.4 Å². The highest BCUT2D eigenvalue weighted by molar-refractivity contribution is 7.16. The van der Waals surface area contributed by atoms with E-state index in [2.05, 4.69) is 40.3 Å². The van der Waals surface area contributed by atoms with Crippen molar-refractivity contribution in [2.45, 2.75) is 20.8 Å². The first-order valence-electron chi connectivity index (χ1n) is 12.2. The molecule has 0 aliphatic carbocycles. The number of hydrogen-bond acceptors (Lipinski definition) is 11. The van der Waals surface area contributed by atoms with E-state index in [0.717, 1.165) is 24.3 Å². The Labute approximate surface area is 222 Å². The summed E-state index contributed by atoms with van der Waals surface area (Å²) < 4.78 is 21.7. The van der Waals surface area contributed by atoms with Crippen LogP contribution < -0.4 is 4.90 Å². The van der Waals surface area contributed by atoms with Crippen molar-refractivity contribution < 1.29 is 24.1 Å². The molecule has 0 aliphatic heterocycles. The van der Waals surface area contributed by atoms with Gasteiger partial charge < -0.3 is 29.0 Å². The van der Waals surface area contributed by atoms with Crippen molar-refractivity contribution in [2.75, 3.05) is 77.5 Å². The summed E-state index contributed by atoms with van der Waals surface area (Å²) in [6.45, 7) is 11.3. The number of thiophene rings is 1. The van der Waals surface area contributed by atoms with Gasteiger partial charge >= 0.3 is 0 Å². The van der Waals surface area contributed by atoms with Crippen molar-refractivity contribution in [3.63, 3.8) is 0 Å². The normalized spacial score (nSPS) is 11.1. The van der Waals surface area contributed by atoms with Crippen LogP contribution in [0.1, 0.15) is 28.5 Å². The van der Waals surface area contributed by atoms with Gasteiger partial charge in [-0.2, -0.15) is 10.5 Å². The number of anilines is 1. The zero-order valence-electron chi connectivity index (χ0n) is 21.7. The molecule has 2 aromatic rings. The van der Waals surface area contributed by atoms with Gasteiger partial charge in [0.2, 0.25) is 0 Å². The van der Waals surface area contributed by atoms with E-state index < -0.39 is 0 Å². The van der Waals surface area contributed by atoms with E-state index in [1.807, 2.05) is 19.1 Å². The number of nitrogens with zero attached hydrogens (tertiary/aromatic N) is 5. The van der Waals surface area contributed by atoms with Crippen LogP contribution in [0.2, 0.25) is 0 Å². The largest absolute Gasteiger partial charge is 0.394 e. The van der Waals surface area contributed by atoms with Crippen molar-refractivity contribution in [2.24, 2.45) is 10.2 Å². The van der Waals surface area contributed by atoms with Crippen molar-refractivity contribution in [3.05, 3.63) is 39.8 Å². The van der Waals surface area contributed by atoms with Crippen molar-refractivity contribution in [3.8, 4) is 12.1 Å². The number of hydrogen-bond donors (Lipinski definition) is 1. The lowest BCUT2D eigenvalue weighted by molar-refractivity contribution is -0.00488. The number of azo groups is 1. The van der Waals surface area contributed by atoms with Crippen LogP contribution >= 0.6 is 11.3 Å². The van der Waals surface area contributed by atoms with Crippen LogP contribution in [-0.4, -0.2) is 77.7 Å². The second-order valence-corrected chi connectivity index (χ2v) is 8.88. The number of ether oxygens (including phenoxy) is 4. The zero-order valence-corrected chi connectivity index (χ0v) is 22.6. The Morgan fingerprint density at radius 2 is 1.51 bits per heavy atom. The average Bonchev–Trinajstić information content (AvgIpc) is 3.22.